The normalized spacial score (nSPS) is 14.1. The Balaban J connectivity index is 2.17. The maximum atomic E-state index is 14.1. The van der Waals surface area contributed by atoms with Crippen molar-refractivity contribution in [3.05, 3.63) is 101 Å². The summed E-state index contributed by atoms with van der Waals surface area (Å²) in [4.78, 5) is 0.392. The van der Waals surface area contributed by atoms with Gasteiger partial charge in [0.1, 0.15) is 0 Å². The highest BCUT2D eigenvalue weighted by Gasteiger charge is 2.32. The lowest BCUT2D eigenvalue weighted by Gasteiger charge is -2.28. The van der Waals surface area contributed by atoms with Crippen molar-refractivity contribution >= 4 is 10.0 Å². The third-order valence-electron chi connectivity index (χ3n) is 6.33. The monoisotopic (exact) mass is 478 g/mol. The van der Waals surface area contributed by atoms with Crippen molar-refractivity contribution < 1.29 is 8.42 Å². The van der Waals surface area contributed by atoms with Crippen LogP contribution in [0.1, 0.15) is 99.2 Å². The summed E-state index contributed by atoms with van der Waals surface area (Å²) >= 11 is 0. The summed E-state index contributed by atoms with van der Waals surface area (Å²) in [6.45, 7) is 12.5. The van der Waals surface area contributed by atoms with E-state index in [0.29, 0.717) is 10.8 Å². The fourth-order valence-electron chi connectivity index (χ4n) is 4.30. The van der Waals surface area contributed by atoms with Gasteiger partial charge in [-0.1, -0.05) is 114 Å². The zero-order valence-electron chi connectivity index (χ0n) is 21.1. The van der Waals surface area contributed by atoms with Crippen LogP contribution in [0.25, 0.3) is 0 Å². The Morgan fingerprint density at radius 3 is 1.50 bits per heavy atom. The maximum Gasteiger partial charge on any atom is 0.241 e. The van der Waals surface area contributed by atoms with Crippen LogP contribution in [0.15, 0.2) is 77.7 Å². The average molecular weight is 479 g/mol. The van der Waals surface area contributed by atoms with Crippen LogP contribution in [-0.4, -0.2) is 8.42 Å². The van der Waals surface area contributed by atoms with Crippen LogP contribution < -0.4 is 10.5 Å². The lowest BCUT2D eigenvalue weighted by molar-refractivity contribution is 0.502. The van der Waals surface area contributed by atoms with E-state index in [1.54, 1.807) is 0 Å². The van der Waals surface area contributed by atoms with Crippen molar-refractivity contribution in [1.82, 2.24) is 4.72 Å². The molecule has 0 aliphatic carbocycles. The first-order valence-corrected chi connectivity index (χ1v) is 13.6. The smallest absolute Gasteiger partial charge is 0.241 e. The van der Waals surface area contributed by atoms with Crippen LogP contribution in [0.5, 0.6) is 0 Å². The van der Waals surface area contributed by atoms with Crippen molar-refractivity contribution in [2.75, 3.05) is 0 Å². The summed E-state index contributed by atoms with van der Waals surface area (Å²) in [5, 5.41) is 0. The molecule has 2 atom stereocenters. The number of nitrogens with one attached hydrogen (secondary N) is 1. The first-order valence-electron chi connectivity index (χ1n) is 12.1. The second-order valence-corrected chi connectivity index (χ2v) is 11.6. The first kappa shape index (κ1) is 26.1. The minimum atomic E-state index is -3.88. The van der Waals surface area contributed by atoms with Crippen molar-refractivity contribution in [3.8, 4) is 0 Å². The van der Waals surface area contributed by atoms with Crippen LogP contribution in [0, 0.1) is 0 Å². The zero-order chi connectivity index (χ0) is 25.0. The number of nitrogens with two attached hydrogens (primary N) is 1. The number of hydrogen-bond donors (Lipinski definition) is 2. The van der Waals surface area contributed by atoms with E-state index in [2.05, 4.69) is 30.7 Å². The van der Waals surface area contributed by atoms with Gasteiger partial charge in [-0.05, 0) is 45.6 Å². The molecule has 4 nitrogen and oxygen atoms in total. The maximum absolute atomic E-state index is 14.1. The fraction of sp³-hybridized carbons (Fsp3) is 0.379. The summed E-state index contributed by atoms with van der Waals surface area (Å²) in [7, 11) is -3.88. The molecule has 0 amide bonds. The number of benzene rings is 3. The summed E-state index contributed by atoms with van der Waals surface area (Å²) in [6, 6.07) is 22.2. The first-order chi connectivity index (χ1) is 16.0. The molecule has 0 aromatic heterocycles. The molecule has 3 N–H and O–H groups in total. The van der Waals surface area contributed by atoms with E-state index in [1.165, 1.54) is 0 Å². The Bertz CT molecular complexity index is 1160. The van der Waals surface area contributed by atoms with Gasteiger partial charge in [-0.25, -0.2) is 13.1 Å². The van der Waals surface area contributed by atoms with Crippen molar-refractivity contribution in [2.24, 2.45) is 5.73 Å². The Morgan fingerprint density at radius 2 is 1.09 bits per heavy atom. The van der Waals surface area contributed by atoms with Crippen molar-refractivity contribution in [2.45, 2.75) is 76.3 Å². The molecule has 0 saturated heterocycles. The van der Waals surface area contributed by atoms with Gasteiger partial charge in [-0.15, -0.1) is 0 Å². The lowest BCUT2D eigenvalue weighted by Crippen LogP contribution is -2.37. The standard InChI is InChI=1S/C29H38N2O2S/c1-19(2)24-17-25(20(3)4)29(26(18-24)21(5)6)34(32,33)31-28(23-15-11-8-12-16-23)27(30)22-13-9-7-10-14-22/h7-21,27-28,31H,30H2,1-6H3/t27-,28+/m1/s1. The predicted molar refractivity (Wildman–Crippen MR) is 142 cm³/mol. The minimum absolute atomic E-state index is 0.0562. The quantitative estimate of drug-likeness (QED) is 0.356. The molecule has 0 radical (unpaired) electrons. The van der Waals surface area contributed by atoms with Crippen molar-refractivity contribution in [1.29, 1.82) is 0 Å². The molecule has 3 aromatic carbocycles. The molecule has 0 aliphatic heterocycles. The fourth-order valence-corrected chi connectivity index (χ4v) is 6.25. The molecule has 3 rings (SSSR count). The summed E-state index contributed by atoms with van der Waals surface area (Å²) < 4.78 is 31.2. The number of sulfonamides is 1. The van der Waals surface area contributed by atoms with Gasteiger partial charge in [0.15, 0.2) is 0 Å². The van der Waals surface area contributed by atoms with E-state index in [9.17, 15) is 8.42 Å². The molecule has 0 heterocycles. The topological polar surface area (TPSA) is 72.2 Å². The third kappa shape index (κ3) is 5.77. The predicted octanol–water partition coefficient (Wildman–Crippen LogP) is 6.78. The van der Waals surface area contributed by atoms with Gasteiger partial charge in [0.25, 0.3) is 0 Å². The molecule has 182 valence electrons. The van der Waals surface area contributed by atoms with E-state index in [0.717, 1.165) is 27.8 Å². The molecule has 34 heavy (non-hydrogen) atoms. The second kappa shape index (κ2) is 10.9. The van der Waals surface area contributed by atoms with Crippen LogP contribution in [-0.2, 0) is 10.0 Å². The van der Waals surface area contributed by atoms with Crippen LogP contribution in [0.4, 0.5) is 0 Å². The Labute approximate surface area is 205 Å². The number of hydrogen-bond acceptors (Lipinski definition) is 3. The highest BCUT2D eigenvalue weighted by atomic mass is 32.2. The zero-order valence-corrected chi connectivity index (χ0v) is 21.9. The van der Waals surface area contributed by atoms with E-state index in [-0.39, 0.29) is 11.8 Å². The molecular formula is C29H38N2O2S. The van der Waals surface area contributed by atoms with E-state index in [4.69, 9.17) is 5.73 Å². The Morgan fingerprint density at radius 1 is 0.647 bits per heavy atom. The largest absolute Gasteiger partial charge is 0.322 e. The van der Waals surface area contributed by atoms with Crippen LogP contribution in [0.2, 0.25) is 0 Å². The highest BCUT2D eigenvalue weighted by molar-refractivity contribution is 7.89. The van der Waals surface area contributed by atoms with Gasteiger partial charge in [0.2, 0.25) is 10.0 Å². The Hall–Kier alpha value is -2.47. The molecule has 3 aromatic rings. The van der Waals surface area contributed by atoms with Gasteiger partial charge >= 0.3 is 0 Å². The van der Waals surface area contributed by atoms with E-state index in [1.807, 2.05) is 88.4 Å². The van der Waals surface area contributed by atoms with E-state index >= 15 is 0 Å². The molecular weight excluding hydrogens is 440 g/mol. The molecule has 0 fully saturated rings. The molecule has 0 saturated carbocycles. The van der Waals surface area contributed by atoms with E-state index < -0.39 is 22.1 Å². The van der Waals surface area contributed by atoms with Gasteiger partial charge in [0, 0.05) is 0 Å². The molecule has 0 bridgehead atoms. The van der Waals surface area contributed by atoms with Gasteiger partial charge < -0.3 is 5.73 Å². The molecule has 0 spiro atoms. The lowest BCUT2D eigenvalue weighted by atomic mass is 9.89. The highest BCUT2D eigenvalue weighted by Crippen LogP contribution is 2.37. The van der Waals surface area contributed by atoms with Gasteiger partial charge in [-0.3, -0.25) is 0 Å². The summed E-state index contributed by atoms with van der Waals surface area (Å²) in [5.74, 6) is 0.421. The SMILES string of the molecule is CC(C)c1cc(C(C)C)c(S(=O)(=O)N[C@@H](c2ccccc2)[C@H](N)c2ccccc2)c(C(C)C)c1. The molecule has 0 aliphatic rings. The summed E-state index contributed by atoms with van der Waals surface area (Å²) in [5.41, 5.74) is 11.3. The average Bonchev–Trinajstić information content (AvgIpc) is 2.82. The van der Waals surface area contributed by atoms with Crippen LogP contribution >= 0.6 is 0 Å². The van der Waals surface area contributed by atoms with Crippen LogP contribution in [0.3, 0.4) is 0 Å². The second-order valence-electron chi connectivity index (χ2n) is 9.94. The van der Waals surface area contributed by atoms with Gasteiger partial charge in [-0.2, -0.15) is 0 Å². The van der Waals surface area contributed by atoms with Gasteiger partial charge in [0.05, 0.1) is 17.0 Å². The molecule has 5 heteroatoms. The molecule has 0 unspecified atom stereocenters. The van der Waals surface area contributed by atoms with Crippen molar-refractivity contribution in [3.63, 3.8) is 0 Å². The Kier molecular flexibility index (Phi) is 8.34. The minimum Gasteiger partial charge on any atom is -0.322 e. The third-order valence-corrected chi connectivity index (χ3v) is 7.91. The summed E-state index contributed by atoms with van der Waals surface area (Å²) in [6.07, 6.45) is 0. The number of rotatable bonds is 9.